The first-order valence-electron chi connectivity index (χ1n) is 5.40. The van der Waals surface area contributed by atoms with Gasteiger partial charge in [-0.1, -0.05) is 27.7 Å². The highest BCUT2D eigenvalue weighted by Gasteiger charge is 2.36. The normalized spacial score (nSPS) is 17.3. The Morgan fingerprint density at radius 2 is 1.67 bits per heavy atom. The van der Waals surface area contributed by atoms with Crippen molar-refractivity contribution in [2.45, 2.75) is 53.6 Å². The fraction of sp³-hybridized carbons (Fsp3) is 0.917. The first kappa shape index (κ1) is 14.4. The lowest BCUT2D eigenvalue weighted by atomic mass is 9.71. The third-order valence-electron chi connectivity index (χ3n) is 3.55. The van der Waals surface area contributed by atoms with Crippen LogP contribution in [0.1, 0.15) is 48.0 Å². The molecule has 90 valence electrons. The maximum absolute atomic E-state index is 13.6. The van der Waals surface area contributed by atoms with E-state index >= 15 is 0 Å². The Morgan fingerprint density at radius 3 is 1.93 bits per heavy atom. The van der Waals surface area contributed by atoms with Crippen LogP contribution < -0.4 is 0 Å². The van der Waals surface area contributed by atoms with Gasteiger partial charge < -0.3 is 5.11 Å². The highest BCUT2D eigenvalue weighted by atomic mass is 19.1. The van der Waals surface area contributed by atoms with Crippen LogP contribution in [0.25, 0.3) is 0 Å². The molecule has 0 aliphatic carbocycles. The monoisotopic (exact) mass is 218 g/mol. The van der Waals surface area contributed by atoms with Gasteiger partial charge in [-0.3, -0.25) is 4.79 Å². The van der Waals surface area contributed by atoms with Crippen molar-refractivity contribution in [1.29, 1.82) is 0 Å². The minimum atomic E-state index is -1.25. The Morgan fingerprint density at radius 1 is 1.27 bits per heavy atom. The molecule has 0 aromatic heterocycles. The van der Waals surface area contributed by atoms with Crippen LogP contribution in [0.2, 0.25) is 0 Å². The Labute approximate surface area is 91.9 Å². The van der Waals surface area contributed by atoms with E-state index in [1.807, 2.05) is 20.8 Å². The molecule has 2 atom stereocenters. The second-order valence-corrected chi connectivity index (χ2v) is 5.72. The van der Waals surface area contributed by atoms with Crippen molar-refractivity contribution in [1.82, 2.24) is 0 Å². The molecule has 2 unspecified atom stereocenters. The van der Waals surface area contributed by atoms with E-state index in [4.69, 9.17) is 5.11 Å². The van der Waals surface area contributed by atoms with Gasteiger partial charge in [-0.15, -0.1) is 0 Å². The Kier molecular flexibility index (Phi) is 4.32. The summed E-state index contributed by atoms with van der Waals surface area (Å²) in [7, 11) is 0. The number of aliphatic carboxylic acids is 1. The molecule has 0 saturated carbocycles. The van der Waals surface area contributed by atoms with Crippen molar-refractivity contribution in [2.24, 2.45) is 17.3 Å². The van der Waals surface area contributed by atoms with Crippen molar-refractivity contribution in [3.8, 4) is 0 Å². The summed E-state index contributed by atoms with van der Waals surface area (Å²) in [6.07, 6.45) is 0.573. The molecule has 0 aliphatic heterocycles. The second kappa shape index (κ2) is 4.50. The summed E-state index contributed by atoms with van der Waals surface area (Å²) in [5.41, 5.74) is -1.63. The quantitative estimate of drug-likeness (QED) is 0.766. The third kappa shape index (κ3) is 4.18. The molecule has 3 heteroatoms. The van der Waals surface area contributed by atoms with E-state index < -0.39 is 17.6 Å². The fourth-order valence-electron chi connectivity index (χ4n) is 1.54. The lowest BCUT2D eigenvalue weighted by Crippen LogP contribution is -2.34. The standard InChI is InChI=1S/C12H23FO2/c1-8(12(5,6)13)7-11(3,4)9(2)10(14)15/h8-9H,7H2,1-6H3,(H,14,15). The smallest absolute Gasteiger partial charge is 0.306 e. The maximum atomic E-state index is 13.6. The van der Waals surface area contributed by atoms with Crippen molar-refractivity contribution in [2.75, 3.05) is 0 Å². The first-order valence-corrected chi connectivity index (χ1v) is 5.40. The molecule has 0 radical (unpaired) electrons. The molecule has 1 N–H and O–H groups in total. The van der Waals surface area contributed by atoms with E-state index in [2.05, 4.69) is 0 Å². The number of carboxylic acid groups (broad SMARTS) is 1. The number of hydrogen-bond acceptors (Lipinski definition) is 1. The summed E-state index contributed by atoms with van der Waals surface area (Å²) < 4.78 is 13.6. The van der Waals surface area contributed by atoms with E-state index in [0.29, 0.717) is 6.42 Å². The largest absolute Gasteiger partial charge is 0.481 e. The van der Waals surface area contributed by atoms with Crippen molar-refractivity contribution in [3.63, 3.8) is 0 Å². The van der Waals surface area contributed by atoms with E-state index in [-0.39, 0.29) is 11.3 Å². The van der Waals surface area contributed by atoms with Crippen molar-refractivity contribution < 1.29 is 14.3 Å². The Bertz CT molecular complexity index is 228. The molecule has 0 saturated heterocycles. The number of hydrogen-bond donors (Lipinski definition) is 1. The number of alkyl halides is 1. The topological polar surface area (TPSA) is 37.3 Å². The van der Waals surface area contributed by atoms with Crippen LogP contribution in [-0.4, -0.2) is 16.7 Å². The molecular weight excluding hydrogens is 195 g/mol. The summed E-state index contributed by atoms with van der Waals surface area (Å²) in [5, 5.41) is 8.94. The van der Waals surface area contributed by atoms with Crippen LogP contribution in [-0.2, 0) is 4.79 Å². The van der Waals surface area contributed by atoms with Crippen LogP contribution in [0, 0.1) is 17.3 Å². The molecule has 0 rings (SSSR count). The molecule has 0 aromatic carbocycles. The molecule has 0 aliphatic rings. The summed E-state index contributed by atoms with van der Waals surface area (Å²) in [4.78, 5) is 10.9. The number of rotatable bonds is 5. The molecule has 0 heterocycles. The zero-order chi connectivity index (χ0) is 12.4. The predicted octanol–water partition coefficient (Wildman–Crippen LogP) is 3.51. The van der Waals surface area contributed by atoms with Gasteiger partial charge in [0.25, 0.3) is 0 Å². The first-order chi connectivity index (χ1) is 6.48. The summed E-state index contributed by atoms with van der Waals surface area (Å²) in [5.74, 6) is -1.42. The van der Waals surface area contributed by atoms with Gasteiger partial charge in [-0.2, -0.15) is 0 Å². The van der Waals surface area contributed by atoms with Gasteiger partial charge >= 0.3 is 5.97 Å². The molecule has 0 aromatic rings. The van der Waals surface area contributed by atoms with E-state index in [1.165, 1.54) is 0 Å². The minimum absolute atomic E-state index is 0.144. The summed E-state index contributed by atoms with van der Waals surface area (Å²) >= 11 is 0. The zero-order valence-corrected chi connectivity index (χ0v) is 10.6. The minimum Gasteiger partial charge on any atom is -0.481 e. The van der Waals surface area contributed by atoms with Gasteiger partial charge in [-0.25, -0.2) is 4.39 Å². The average molecular weight is 218 g/mol. The lowest BCUT2D eigenvalue weighted by molar-refractivity contribution is -0.145. The zero-order valence-electron chi connectivity index (χ0n) is 10.6. The highest BCUT2D eigenvalue weighted by Crippen LogP contribution is 2.38. The lowest BCUT2D eigenvalue weighted by Gasteiger charge is -2.35. The van der Waals surface area contributed by atoms with E-state index in [9.17, 15) is 9.18 Å². The number of halogens is 1. The van der Waals surface area contributed by atoms with Gasteiger partial charge in [0.05, 0.1) is 5.92 Å². The van der Waals surface area contributed by atoms with Gasteiger partial charge in [0.1, 0.15) is 5.67 Å². The molecule has 2 nitrogen and oxygen atoms in total. The summed E-state index contributed by atoms with van der Waals surface area (Å²) in [6, 6.07) is 0. The van der Waals surface area contributed by atoms with E-state index in [0.717, 1.165) is 0 Å². The van der Waals surface area contributed by atoms with Crippen LogP contribution >= 0.6 is 0 Å². The Balaban J connectivity index is 4.57. The molecule has 0 spiro atoms. The predicted molar refractivity (Wildman–Crippen MR) is 59.5 cm³/mol. The molecule has 0 bridgehead atoms. The van der Waals surface area contributed by atoms with Crippen LogP contribution in [0.5, 0.6) is 0 Å². The average Bonchev–Trinajstić information content (AvgIpc) is 2.00. The fourth-order valence-corrected chi connectivity index (χ4v) is 1.54. The van der Waals surface area contributed by atoms with Crippen molar-refractivity contribution in [3.05, 3.63) is 0 Å². The van der Waals surface area contributed by atoms with Gasteiger partial charge in [0, 0.05) is 0 Å². The van der Waals surface area contributed by atoms with Crippen LogP contribution in [0.3, 0.4) is 0 Å². The second-order valence-electron chi connectivity index (χ2n) is 5.72. The Hall–Kier alpha value is -0.600. The van der Waals surface area contributed by atoms with Crippen molar-refractivity contribution >= 4 is 5.97 Å². The van der Waals surface area contributed by atoms with Crippen LogP contribution in [0.15, 0.2) is 0 Å². The SMILES string of the molecule is CC(CC(C)(C)C(C)C(=O)O)C(C)(C)F. The van der Waals surface area contributed by atoms with E-state index in [1.54, 1.807) is 20.8 Å². The van der Waals surface area contributed by atoms with Crippen LogP contribution in [0.4, 0.5) is 4.39 Å². The highest BCUT2D eigenvalue weighted by molar-refractivity contribution is 5.70. The van der Waals surface area contributed by atoms with Gasteiger partial charge in [0.15, 0.2) is 0 Å². The summed E-state index contributed by atoms with van der Waals surface area (Å²) in [6.45, 7) is 10.4. The number of carboxylic acids is 1. The molecule has 15 heavy (non-hydrogen) atoms. The maximum Gasteiger partial charge on any atom is 0.306 e. The molecular formula is C12H23FO2. The molecule has 0 amide bonds. The molecule has 0 fully saturated rings. The van der Waals surface area contributed by atoms with Gasteiger partial charge in [-0.05, 0) is 31.6 Å². The van der Waals surface area contributed by atoms with Gasteiger partial charge in [0.2, 0.25) is 0 Å². The number of carbonyl (C=O) groups is 1. The third-order valence-corrected chi connectivity index (χ3v) is 3.55.